The van der Waals surface area contributed by atoms with E-state index in [4.69, 9.17) is 4.74 Å². The average molecular weight is 241 g/mol. The van der Waals surface area contributed by atoms with Crippen LogP contribution in [0.15, 0.2) is 0 Å². The first kappa shape index (κ1) is 14.5. The molecule has 3 heteroatoms. The van der Waals surface area contributed by atoms with Gasteiger partial charge in [-0.15, -0.1) is 0 Å². The Labute approximate surface area is 106 Å². The van der Waals surface area contributed by atoms with Crippen LogP contribution in [-0.4, -0.2) is 36.6 Å². The van der Waals surface area contributed by atoms with E-state index in [2.05, 4.69) is 13.8 Å². The monoisotopic (exact) mass is 241 g/mol. The number of likely N-dealkylation sites (tertiary alicyclic amines) is 1. The fourth-order valence-electron chi connectivity index (χ4n) is 2.24. The van der Waals surface area contributed by atoms with Crippen molar-refractivity contribution in [1.29, 1.82) is 0 Å². The number of rotatable bonds is 6. The van der Waals surface area contributed by atoms with Gasteiger partial charge in [0.25, 0.3) is 0 Å². The average Bonchev–Trinajstić information content (AvgIpc) is 2.34. The molecular weight excluding hydrogens is 214 g/mol. The van der Waals surface area contributed by atoms with Gasteiger partial charge < -0.3 is 9.64 Å². The molecule has 0 radical (unpaired) electrons. The second kappa shape index (κ2) is 7.70. The Kier molecular flexibility index (Phi) is 6.56. The Bertz CT molecular complexity index is 220. The predicted octanol–water partition coefficient (Wildman–Crippen LogP) is 2.84. The molecule has 0 aliphatic carbocycles. The normalized spacial score (nSPS) is 17.8. The van der Waals surface area contributed by atoms with Gasteiger partial charge in [0, 0.05) is 26.1 Å². The molecular formula is C14H27NO2. The van der Waals surface area contributed by atoms with Crippen molar-refractivity contribution in [3.05, 3.63) is 0 Å². The zero-order valence-electron chi connectivity index (χ0n) is 11.6. The van der Waals surface area contributed by atoms with Crippen LogP contribution in [0, 0.1) is 5.92 Å². The van der Waals surface area contributed by atoms with Crippen LogP contribution in [0.1, 0.15) is 52.9 Å². The van der Waals surface area contributed by atoms with Crippen LogP contribution in [0.25, 0.3) is 0 Å². The van der Waals surface area contributed by atoms with Crippen LogP contribution in [0.5, 0.6) is 0 Å². The van der Waals surface area contributed by atoms with Crippen LogP contribution in [-0.2, 0) is 9.53 Å². The van der Waals surface area contributed by atoms with Gasteiger partial charge in [-0.1, -0.05) is 20.8 Å². The maximum absolute atomic E-state index is 11.5. The number of nitrogens with zero attached hydrogens (tertiary/aromatic N) is 1. The SMILES string of the molecule is CCC(=O)N1CCC(OCCCC(C)C)CC1. The maximum atomic E-state index is 11.5. The zero-order valence-corrected chi connectivity index (χ0v) is 11.6. The molecule has 0 spiro atoms. The summed E-state index contributed by atoms with van der Waals surface area (Å²) in [7, 11) is 0. The van der Waals surface area contributed by atoms with Gasteiger partial charge in [-0.3, -0.25) is 4.79 Å². The van der Waals surface area contributed by atoms with Crippen molar-refractivity contribution in [2.24, 2.45) is 5.92 Å². The van der Waals surface area contributed by atoms with Gasteiger partial charge in [-0.25, -0.2) is 0 Å². The first-order valence-electron chi connectivity index (χ1n) is 7.02. The smallest absolute Gasteiger partial charge is 0.222 e. The Balaban J connectivity index is 2.09. The number of carbonyl (C=O) groups is 1. The summed E-state index contributed by atoms with van der Waals surface area (Å²) in [6.45, 7) is 9.05. The quantitative estimate of drug-likeness (QED) is 0.669. The molecule has 0 aromatic heterocycles. The van der Waals surface area contributed by atoms with Gasteiger partial charge in [0.15, 0.2) is 0 Å². The summed E-state index contributed by atoms with van der Waals surface area (Å²) in [5.74, 6) is 1.05. The lowest BCUT2D eigenvalue weighted by Crippen LogP contribution is -2.40. The minimum Gasteiger partial charge on any atom is -0.378 e. The summed E-state index contributed by atoms with van der Waals surface area (Å²) >= 11 is 0. The minimum absolute atomic E-state index is 0.281. The molecule has 1 aliphatic heterocycles. The lowest BCUT2D eigenvalue weighted by molar-refractivity contribution is -0.133. The van der Waals surface area contributed by atoms with Crippen molar-refractivity contribution < 1.29 is 9.53 Å². The van der Waals surface area contributed by atoms with Crippen molar-refractivity contribution in [2.75, 3.05) is 19.7 Å². The van der Waals surface area contributed by atoms with Gasteiger partial charge in [0.2, 0.25) is 5.91 Å². The van der Waals surface area contributed by atoms with Crippen molar-refractivity contribution in [3.8, 4) is 0 Å². The molecule has 17 heavy (non-hydrogen) atoms. The lowest BCUT2D eigenvalue weighted by atomic mass is 10.1. The van der Waals surface area contributed by atoms with Crippen molar-refractivity contribution in [1.82, 2.24) is 4.90 Å². The standard InChI is InChI=1S/C14H27NO2/c1-4-14(16)15-9-7-13(8-10-15)17-11-5-6-12(2)3/h12-13H,4-11H2,1-3H3. The Morgan fingerprint density at radius 1 is 1.35 bits per heavy atom. The summed E-state index contributed by atoms with van der Waals surface area (Å²) in [5, 5.41) is 0. The molecule has 1 amide bonds. The maximum Gasteiger partial charge on any atom is 0.222 e. The van der Waals surface area contributed by atoms with Crippen LogP contribution in [0.2, 0.25) is 0 Å². The van der Waals surface area contributed by atoms with Crippen molar-refractivity contribution in [3.63, 3.8) is 0 Å². The predicted molar refractivity (Wildman–Crippen MR) is 69.9 cm³/mol. The topological polar surface area (TPSA) is 29.5 Å². The van der Waals surface area contributed by atoms with Gasteiger partial charge in [-0.2, -0.15) is 0 Å². The first-order valence-corrected chi connectivity index (χ1v) is 7.02. The van der Waals surface area contributed by atoms with Crippen LogP contribution in [0.4, 0.5) is 0 Å². The number of amides is 1. The van der Waals surface area contributed by atoms with E-state index in [1.807, 2.05) is 11.8 Å². The van der Waals surface area contributed by atoms with Gasteiger partial charge >= 0.3 is 0 Å². The van der Waals surface area contributed by atoms with Crippen LogP contribution >= 0.6 is 0 Å². The summed E-state index contributed by atoms with van der Waals surface area (Å²) in [5.41, 5.74) is 0. The number of piperidine rings is 1. The Hall–Kier alpha value is -0.570. The largest absolute Gasteiger partial charge is 0.378 e. The van der Waals surface area contributed by atoms with Crippen molar-refractivity contribution in [2.45, 2.75) is 59.0 Å². The third-order valence-corrected chi connectivity index (χ3v) is 3.38. The number of hydrogen-bond donors (Lipinski definition) is 0. The summed E-state index contributed by atoms with van der Waals surface area (Å²) < 4.78 is 5.86. The van der Waals surface area contributed by atoms with E-state index in [1.165, 1.54) is 6.42 Å². The second-order valence-corrected chi connectivity index (χ2v) is 5.34. The van der Waals surface area contributed by atoms with E-state index in [0.29, 0.717) is 12.5 Å². The van der Waals surface area contributed by atoms with E-state index in [-0.39, 0.29) is 5.91 Å². The highest BCUT2D eigenvalue weighted by Gasteiger charge is 2.21. The fourth-order valence-corrected chi connectivity index (χ4v) is 2.24. The van der Waals surface area contributed by atoms with Crippen LogP contribution in [0.3, 0.4) is 0 Å². The number of carbonyl (C=O) groups excluding carboxylic acids is 1. The molecule has 0 N–H and O–H groups in total. The molecule has 3 nitrogen and oxygen atoms in total. The number of ether oxygens (including phenoxy) is 1. The summed E-state index contributed by atoms with van der Waals surface area (Å²) in [4.78, 5) is 13.5. The van der Waals surface area contributed by atoms with Gasteiger partial charge in [-0.05, 0) is 31.6 Å². The summed E-state index contributed by atoms with van der Waals surface area (Å²) in [6, 6.07) is 0. The molecule has 1 rings (SSSR count). The molecule has 0 bridgehead atoms. The number of hydrogen-bond acceptors (Lipinski definition) is 2. The Morgan fingerprint density at radius 3 is 2.53 bits per heavy atom. The molecule has 0 aromatic carbocycles. The first-order chi connectivity index (χ1) is 8.13. The second-order valence-electron chi connectivity index (χ2n) is 5.34. The Morgan fingerprint density at radius 2 is 2.00 bits per heavy atom. The molecule has 0 saturated carbocycles. The van der Waals surface area contributed by atoms with E-state index in [9.17, 15) is 4.79 Å². The van der Waals surface area contributed by atoms with E-state index >= 15 is 0 Å². The van der Waals surface area contributed by atoms with Crippen LogP contribution < -0.4 is 0 Å². The molecule has 0 unspecified atom stereocenters. The summed E-state index contributed by atoms with van der Waals surface area (Å²) in [6.07, 6.45) is 5.42. The molecule has 1 saturated heterocycles. The van der Waals surface area contributed by atoms with E-state index in [0.717, 1.165) is 44.9 Å². The molecule has 0 atom stereocenters. The van der Waals surface area contributed by atoms with E-state index < -0.39 is 0 Å². The third-order valence-electron chi connectivity index (χ3n) is 3.38. The lowest BCUT2D eigenvalue weighted by Gasteiger charge is -2.31. The third kappa shape index (κ3) is 5.53. The molecule has 1 heterocycles. The van der Waals surface area contributed by atoms with Gasteiger partial charge in [0.05, 0.1) is 6.10 Å². The van der Waals surface area contributed by atoms with Crippen molar-refractivity contribution >= 4 is 5.91 Å². The highest BCUT2D eigenvalue weighted by Crippen LogP contribution is 2.15. The highest BCUT2D eigenvalue weighted by atomic mass is 16.5. The molecule has 0 aromatic rings. The fraction of sp³-hybridized carbons (Fsp3) is 0.929. The highest BCUT2D eigenvalue weighted by molar-refractivity contribution is 5.75. The molecule has 100 valence electrons. The molecule has 1 aliphatic rings. The molecule has 1 fully saturated rings. The minimum atomic E-state index is 0.281. The van der Waals surface area contributed by atoms with Gasteiger partial charge in [0.1, 0.15) is 0 Å². The zero-order chi connectivity index (χ0) is 12.7. The van der Waals surface area contributed by atoms with E-state index in [1.54, 1.807) is 0 Å².